The normalized spacial score (nSPS) is 14.2. The van der Waals surface area contributed by atoms with Gasteiger partial charge >= 0.3 is 19.8 Å². The van der Waals surface area contributed by atoms with Crippen LogP contribution in [0, 0.1) is 0 Å². The smallest absolute Gasteiger partial charge is 0.462 e. The second-order valence-electron chi connectivity index (χ2n) is 17.1. The lowest BCUT2D eigenvalue weighted by atomic mass is 10.1. The lowest BCUT2D eigenvalue weighted by molar-refractivity contribution is -0.870. The Balaban J connectivity index is 4.32. The number of allylic oxidation sites excluding steroid dienone is 14. The SMILES string of the molecule is CC/C=C\C/C=C\C/C=C\C/C=C\C/C=C\C/C=C\CCCCCCCCC(=O)OC(COC(=O)CCCCCCC/C=C\CCCCCC)COP(=O)(O)OCC[N+](C)(C)C. The molecule has 1 N–H and O–H groups in total. The summed E-state index contributed by atoms with van der Waals surface area (Å²) < 4.78 is 34.4. The Morgan fingerprint density at radius 3 is 1.39 bits per heavy atom. The van der Waals surface area contributed by atoms with E-state index in [4.69, 9.17) is 18.5 Å². The van der Waals surface area contributed by atoms with Gasteiger partial charge in [0, 0.05) is 12.8 Å². The van der Waals surface area contributed by atoms with E-state index >= 15 is 0 Å². The predicted molar refractivity (Wildman–Crippen MR) is 261 cm³/mol. The molecule has 0 fully saturated rings. The third-order valence-corrected chi connectivity index (χ3v) is 10.9. The predicted octanol–water partition coefficient (Wildman–Crippen LogP) is 14.4. The summed E-state index contributed by atoms with van der Waals surface area (Å²) in [4.78, 5) is 35.5. The molecule has 0 rings (SSSR count). The number of nitrogens with zero attached hydrogens (tertiary/aromatic N) is 1. The van der Waals surface area contributed by atoms with Gasteiger partial charge in [-0.3, -0.25) is 18.6 Å². The van der Waals surface area contributed by atoms with Crippen LogP contribution in [0.2, 0.25) is 0 Å². The number of hydrogen-bond donors (Lipinski definition) is 1. The maximum Gasteiger partial charge on any atom is 0.472 e. The monoisotopic (exact) mass is 889 g/mol. The van der Waals surface area contributed by atoms with Crippen molar-refractivity contribution in [1.82, 2.24) is 0 Å². The molecule has 2 atom stereocenters. The fourth-order valence-electron chi connectivity index (χ4n) is 6.13. The highest BCUT2D eigenvalue weighted by Gasteiger charge is 2.27. The van der Waals surface area contributed by atoms with Crippen molar-refractivity contribution in [3.63, 3.8) is 0 Å². The van der Waals surface area contributed by atoms with E-state index in [0.29, 0.717) is 17.4 Å². The fourth-order valence-corrected chi connectivity index (χ4v) is 6.87. The molecule has 0 heterocycles. The van der Waals surface area contributed by atoms with Crippen LogP contribution in [0.15, 0.2) is 85.1 Å². The van der Waals surface area contributed by atoms with Crippen molar-refractivity contribution in [2.45, 2.75) is 187 Å². The summed E-state index contributed by atoms with van der Waals surface area (Å²) in [6, 6.07) is 0. The van der Waals surface area contributed by atoms with E-state index in [2.05, 4.69) is 98.9 Å². The van der Waals surface area contributed by atoms with Crippen LogP contribution in [0.1, 0.15) is 181 Å². The van der Waals surface area contributed by atoms with Gasteiger partial charge in [0.05, 0.1) is 27.7 Å². The molecule has 62 heavy (non-hydrogen) atoms. The van der Waals surface area contributed by atoms with Crippen LogP contribution < -0.4 is 0 Å². The number of esters is 2. The highest BCUT2D eigenvalue weighted by Crippen LogP contribution is 2.43. The molecule has 0 amide bonds. The van der Waals surface area contributed by atoms with E-state index in [1.807, 2.05) is 21.1 Å². The van der Waals surface area contributed by atoms with Crippen molar-refractivity contribution in [2.75, 3.05) is 47.5 Å². The van der Waals surface area contributed by atoms with E-state index in [-0.39, 0.29) is 32.0 Å². The third-order valence-electron chi connectivity index (χ3n) is 9.91. The molecule has 2 unspecified atom stereocenters. The number of carbonyl (C=O) groups is 2. The van der Waals surface area contributed by atoms with E-state index < -0.39 is 26.5 Å². The highest BCUT2D eigenvalue weighted by molar-refractivity contribution is 7.47. The van der Waals surface area contributed by atoms with Crippen LogP contribution >= 0.6 is 7.82 Å². The summed E-state index contributed by atoms with van der Waals surface area (Å²) >= 11 is 0. The van der Waals surface area contributed by atoms with Gasteiger partial charge in [-0.2, -0.15) is 0 Å². The average molecular weight is 889 g/mol. The zero-order valence-corrected chi connectivity index (χ0v) is 41.0. The first-order chi connectivity index (χ1) is 30.0. The van der Waals surface area contributed by atoms with Crippen molar-refractivity contribution in [2.24, 2.45) is 0 Å². The number of unbranched alkanes of at least 4 members (excludes halogenated alkanes) is 15. The van der Waals surface area contributed by atoms with Crippen LogP contribution in [0.5, 0.6) is 0 Å². The molecule has 0 aliphatic carbocycles. The Bertz CT molecular complexity index is 1330. The molecule has 0 aromatic carbocycles. The largest absolute Gasteiger partial charge is 0.472 e. The number of phosphoric acid groups is 1. The Morgan fingerprint density at radius 1 is 0.516 bits per heavy atom. The van der Waals surface area contributed by atoms with Crippen molar-refractivity contribution >= 4 is 19.8 Å². The third kappa shape index (κ3) is 46.7. The number of quaternary nitrogens is 1. The van der Waals surface area contributed by atoms with E-state index in [1.54, 1.807) is 0 Å². The Morgan fingerprint density at radius 2 is 0.919 bits per heavy atom. The summed E-state index contributed by atoms with van der Waals surface area (Å²) in [5, 5.41) is 0. The van der Waals surface area contributed by atoms with E-state index in [1.165, 1.54) is 32.1 Å². The molecular weight excluding hydrogens is 798 g/mol. The second-order valence-corrected chi connectivity index (χ2v) is 18.6. The zero-order chi connectivity index (χ0) is 45.7. The molecule has 0 aliphatic heterocycles. The molecule has 0 aromatic heterocycles. The molecular formula is C52H91NO8P+. The highest BCUT2D eigenvalue weighted by atomic mass is 31.2. The molecule has 356 valence electrons. The number of likely N-dealkylation sites (N-methyl/N-ethyl adjacent to an activating group) is 1. The second kappa shape index (κ2) is 43.4. The number of hydrogen-bond acceptors (Lipinski definition) is 7. The van der Waals surface area contributed by atoms with Crippen molar-refractivity contribution in [1.29, 1.82) is 0 Å². The van der Waals surface area contributed by atoms with Gasteiger partial charge in [-0.05, 0) is 89.9 Å². The Hall–Kier alpha value is -2.81. The maximum absolute atomic E-state index is 12.7. The minimum atomic E-state index is -4.39. The van der Waals surface area contributed by atoms with Crippen LogP contribution in [-0.4, -0.2) is 74.9 Å². The molecule has 0 saturated carbocycles. The van der Waals surface area contributed by atoms with Gasteiger partial charge in [-0.1, -0.05) is 163 Å². The minimum absolute atomic E-state index is 0.0229. The number of carbonyl (C=O) groups excluding carboxylic acids is 2. The lowest BCUT2D eigenvalue weighted by Gasteiger charge is -2.24. The minimum Gasteiger partial charge on any atom is -0.462 e. The molecule has 0 spiro atoms. The molecule has 0 saturated heterocycles. The zero-order valence-electron chi connectivity index (χ0n) is 40.1. The van der Waals surface area contributed by atoms with Crippen LogP contribution in [0.3, 0.4) is 0 Å². The number of ether oxygens (including phenoxy) is 2. The van der Waals surface area contributed by atoms with Crippen molar-refractivity contribution in [3.05, 3.63) is 85.1 Å². The van der Waals surface area contributed by atoms with Crippen molar-refractivity contribution < 1.29 is 42.1 Å². The molecule has 0 radical (unpaired) electrons. The van der Waals surface area contributed by atoms with Crippen LogP contribution in [0.25, 0.3) is 0 Å². The summed E-state index contributed by atoms with van der Waals surface area (Å²) in [7, 11) is 1.45. The fraction of sp³-hybridized carbons (Fsp3) is 0.692. The summed E-state index contributed by atoms with van der Waals surface area (Å²) in [6.45, 7) is 4.25. The van der Waals surface area contributed by atoms with Gasteiger partial charge in [-0.25, -0.2) is 4.57 Å². The Labute approximate surface area is 380 Å². The molecule has 9 nitrogen and oxygen atoms in total. The van der Waals surface area contributed by atoms with E-state index in [0.717, 1.165) is 116 Å². The first-order valence-electron chi connectivity index (χ1n) is 24.3. The topological polar surface area (TPSA) is 108 Å². The molecule has 0 aliphatic rings. The Kier molecular flexibility index (Phi) is 41.5. The summed E-state index contributed by atoms with van der Waals surface area (Å²) in [6.07, 6.45) is 56.3. The molecule has 0 bridgehead atoms. The van der Waals surface area contributed by atoms with Gasteiger partial charge in [0.15, 0.2) is 6.10 Å². The van der Waals surface area contributed by atoms with Crippen LogP contribution in [-0.2, 0) is 32.7 Å². The van der Waals surface area contributed by atoms with Crippen LogP contribution in [0.4, 0.5) is 0 Å². The average Bonchev–Trinajstić information content (AvgIpc) is 3.23. The van der Waals surface area contributed by atoms with Gasteiger partial charge < -0.3 is 18.9 Å². The summed E-state index contributed by atoms with van der Waals surface area (Å²) in [5.74, 6) is -0.832. The first-order valence-corrected chi connectivity index (χ1v) is 25.8. The van der Waals surface area contributed by atoms with Gasteiger partial charge in [0.25, 0.3) is 0 Å². The standard InChI is InChI=1S/C52H90NO8P/c1-6-8-10-12-14-16-18-20-21-22-23-24-25-26-27-28-29-30-31-33-35-37-39-41-43-45-52(55)61-50(49-60-62(56,57)59-47-46-53(3,4)5)48-58-51(54)44-42-40-38-36-34-32-19-17-15-13-11-9-7-2/h8,10,14,16-17,19-21,23-24,26-27,29-30,50H,6-7,9,11-13,15,18,22,25,28,31-49H2,1-5H3/p+1/b10-8-,16-14-,19-17-,21-20-,24-23-,27-26-,30-29-. The van der Waals surface area contributed by atoms with Gasteiger partial charge in [0.1, 0.15) is 19.8 Å². The maximum atomic E-state index is 12.7. The van der Waals surface area contributed by atoms with Gasteiger partial charge in [-0.15, -0.1) is 0 Å². The molecule has 10 heteroatoms. The first kappa shape index (κ1) is 59.2. The lowest BCUT2D eigenvalue weighted by Crippen LogP contribution is -2.37. The summed E-state index contributed by atoms with van der Waals surface area (Å²) in [5.41, 5.74) is 0. The van der Waals surface area contributed by atoms with Crippen molar-refractivity contribution in [3.8, 4) is 0 Å². The van der Waals surface area contributed by atoms with Gasteiger partial charge in [0.2, 0.25) is 0 Å². The number of rotatable bonds is 43. The number of phosphoric ester groups is 1. The van der Waals surface area contributed by atoms with E-state index in [9.17, 15) is 19.0 Å². The molecule has 0 aromatic rings. The quantitative estimate of drug-likeness (QED) is 0.0212.